The number of hydrogen-bond donors (Lipinski definition) is 3. The van der Waals surface area contributed by atoms with Gasteiger partial charge in [0.05, 0.1) is 24.7 Å². The van der Waals surface area contributed by atoms with Gasteiger partial charge < -0.3 is 30.4 Å². The SMILES string of the molecule is COCc1cc(C(Nc2ccc(C(=N)N)cc2)C(=O)[O-])ccc1OC(C)C.Cl. The number of nitrogens with two attached hydrogens (primary N) is 1. The Hall–Kier alpha value is -2.77. The summed E-state index contributed by atoms with van der Waals surface area (Å²) in [6.07, 6.45) is -0.0127. The summed E-state index contributed by atoms with van der Waals surface area (Å²) >= 11 is 0. The van der Waals surface area contributed by atoms with Crippen molar-refractivity contribution in [2.24, 2.45) is 5.73 Å². The minimum Gasteiger partial charge on any atom is -0.548 e. The first-order chi connectivity index (χ1) is 12.8. The molecule has 28 heavy (non-hydrogen) atoms. The Morgan fingerprint density at radius 2 is 1.86 bits per heavy atom. The van der Waals surface area contributed by atoms with E-state index in [1.165, 1.54) is 0 Å². The van der Waals surface area contributed by atoms with E-state index in [2.05, 4.69) is 5.32 Å². The number of methoxy groups -OCH3 is 1. The molecule has 0 heterocycles. The maximum Gasteiger partial charge on any atom is 0.125 e. The van der Waals surface area contributed by atoms with Crippen LogP contribution in [0.1, 0.15) is 36.6 Å². The van der Waals surface area contributed by atoms with Crippen molar-refractivity contribution in [3.63, 3.8) is 0 Å². The summed E-state index contributed by atoms with van der Waals surface area (Å²) in [6.45, 7) is 4.13. The molecule has 0 radical (unpaired) electrons. The molecule has 8 heteroatoms. The van der Waals surface area contributed by atoms with Crippen LogP contribution in [0.2, 0.25) is 0 Å². The van der Waals surface area contributed by atoms with Crippen molar-refractivity contribution in [2.75, 3.05) is 12.4 Å². The fraction of sp³-hybridized carbons (Fsp3) is 0.300. The van der Waals surface area contributed by atoms with Crippen molar-refractivity contribution in [3.05, 3.63) is 59.2 Å². The number of benzene rings is 2. The smallest absolute Gasteiger partial charge is 0.125 e. The summed E-state index contributed by atoms with van der Waals surface area (Å²) in [5.74, 6) is -0.659. The van der Waals surface area contributed by atoms with Gasteiger partial charge in [0, 0.05) is 23.9 Å². The third kappa shape index (κ3) is 6.14. The van der Waals surface area contributed by atoms with Crippen molar-refractivity contribution in [3.8, 4) is 5.75 Å². The minimum atomic E-state index is -1.26. The van der Waals surface area contributed by atoms with E-state index in [1.54, 1.807) is 49.6 Å². The van der Waals surface area contributed by atoms with Crippen molar-refractivity contribution in [2.45, 2.75) is 32.6 Å². The van der Waals surface area contributed by atoms with Crippen LogP contribution >= 0.6 is 12.4 Å². The number of carbonyl (C=O) groups excluding carboxylic acids is 1. The zero-order valence-corrected chi connectivity index (χ0v) is 16.8. The lowest BCUT2D eigenvalue weighted by Gasteiger charge is -2.23. The lowest BCUT2D eigenvalue weighted by molar-refractivity contribution is -0.307. The van der Waals surface area contributed by atoms with Gasteiger partial charge in [-0.3, -0.25) is 5.41 Å². The molecule has 2 aromatic carbocycles. The number of rotatable bonds is 9. The third-order valence-electron chi connectivity index (χ3n) is 3.82. The van der Waals surface area contributed by atoms with Crippen LogP contribution in [-0.4, -0.2) is 25.0 Å². The van der Waals surface area contributed by atoms with E-state index in [0.29, 0.717) is 29.2 Å². The van der Waals surface area contributed by atoms with E-state index in [9.17, 15) is 9.90 Å². The van der Waals surface area contributed by atoms with Gasteiger partial charge in [0.15, 0.2) is 0 Å². The molecule has 0 fully saturated rings. The van der Waals surface area contributed by atoms with Gasteiger partial charge in [0.25, 0.3) is 0 Å². The van der Waals surface area contributed by atoms with Crippen LogP contribution in [0.25, 0.3) is 0 Å². The van der Waals surface area contributed by atoms with E-state index < -0.39 is 12.0 Å². The molecule has 0 bridgehead atoms. The average Bonchev–Trinajstić information content (AvgIpc) is 2.61. The van der Waals surface area contributed by atoms with Crippen molar-refractivity contribution in [1.29, 1.82) is 5.41 Å². The molecule has 0 aliphatic heterocycles. The van der Waals surface area contributed by atoms with Crippen LogP contribution in [0, 0.1) is 5.41 Å². The molecule has 7 nitrogen and oxygen atoms in total. The zero-order chi connectivity index (χ0) is 20.0. The quantitative estimate of drug-likeness (QED) is 0.433. The number of nitrogens with one attached hydrogen (secondary N) is 2. The number of nitrogen functional groups attached to an aromatic ring is 1. The second-order valence-corrected chi connectivity index (χ2v) is 6.35. The van der Waals surface area contributed by atoms with Crippen molar-refractivity contribution < 1.29 is 19.4 Å². The van der Waals surface area contributed by atoms with Gasteiger partial charge in [-0.05, 0) is 55.8 Å². The highest BCUT2D eigenvalue weighted by Crippen LogP contribution is 2.27. The number of anilines is 1. The Morgan fingerprint density at radius 1 is 1.21 bits per heavy atom. The van der Waals surface area contributed by atoms with E-state index in [0.717, 1.165) is 5.56 Å². The predicted molar refractivity (Wildman–Crippen MR) is 109 cm³/mol. The summed E-state index contributed by atoms with van der Waals surface area (Å²) in [6, 6.07) is 10.7. The normalized spacial score (nSPS) is 11.4. The molecule has 0 saturated heterocycles. The summed E-state index contributed by atoms with van der Waals surface area (Å²) in [4.78, 5) is 11.7. The first-order valence-electron chi connectivity index (χ1n) is 8.52. The van der Waals surface area contributed by atoms with Gasteiger partial charge in [-0.1, -0.05) is 6.07 Å². The summed E-state index contributed by atoms with van der Waals surface area (Å²) < 4.78 is 11.0. The number of carboxylic acids is 1. The molecule has 0 saturated carbocycles. The fourth-order valence-corrected chi connectivity index (χ4v) is 2.61. The molecule has 1 unspecified atom stereocenters. The van der Waals surface area contributed by atoms with Crippen LogP contribution < -0.4 is 20.9 Å². The second-order valence-electron chi connectivity index (χ2n) is 6.35. The second kappa shape index (κ2) is 10.5. The van der Waals surface area contributed by atoms with Gasteiger partial charge in [0.1, 0.15) is 11.6 Å². The third-order valence-corrected chi connectivity index (χ3v) is 3.82. The molecule has 2 aromatic rings. The first-order valence-corrected chi connectivity index (χ1v) is 8.52. The number of hydrogen-bond acceptors (Lipinski definition) is 6. The molecular formula is C20H25ClN3O4-. The van der Waals surface area contributed by atoms with Gasteiger partial charge in [-0.2, -0.15) is 0 Å². The van der Waals surface area contributed by atoms with Crippen LogP contribution in [0.4, 0.5) is 5.69 Å². The topological polar surface area (TPSA) is 120 Å². The molecule has 0 aliphatic rings. The Bertz CT molecular complexity index is 810. The maximum atomic E-state index is 11.7. The predicted octanol–water partition coefficient (Wildman–Crippen LogP) is 2.23. The molecule has 0 aliphatic carbocycles. The minimum absolute atomic E-state index is 0. The Balaban J connectivity index is 0.00000392. The molecule has 0 amide bonds. The molecule has 0 spiro atoms. The standard InChI is InChI=1S/C20H25N3O4.ClH/c1-12(2)27-17-9-6-14(10-15(17)11-26-3)18(20(24)25)23-16-7-4-13(5-8-16)19(21)22;/h4-10,12,18,23H,11H2,1-3H3,(H3,21,22)(H,24,25);1H/p-1. The van der Waals surface area contributed by atoms with Crippen LogP contribution in [0.5, 0.6) is 5.75 Å². The number of aliphatic carboxylic acids is 1. The van der Waals surface area contributed by atoms with Gasteiger partial charge in [-0.15, -0.1) is 12.4 Å². The highest BCUT2D eigenvalue weighted by Gasteiger charge is 2.16. The Labute approximate surface area is 170 Å². The molecular weight excluding hydrogens is 382 g/mol. The fourth-order valence-electron chi connectivity index (χ4n) is 2.61. The largest absolute Gasteiger partial charge is 0.548 e. The summed E-state index contributed by atoms with van der Waals surface area (Å²) in [5, 5.41) is 22.1. The molecule has 4 N–H and O–H groups in total. The number of carbonyl (C=O) groups is 1. The molecule has 2 rings (SSSR count). The Kier molecular flexibility index (Phi) is 8.76. The number of carboxylic acid groups (broad SMARTS) is 1. The zero-order valence-electron chi connectivity index (χ0n) is 16.0. The molecule has 1 atom stereocenters. The van der Waals surface area contributed by atoms with Crippen LogP contribution in [-0.2, 0) is 16.1 Å². The molecule has 0 aromatic heterocycles. The van der Waals surface area contributed by atoms with E-state index in [1.807, 2.05) is 13.8 Å². The number of amidine groups is 1. The lowest BCUT2D eigenvalue weighted by atomic mass is 10.0. The van der Waals surface area contributed by atoms with E-state index in [-0.39, 0.29) is 24.3 Å². The first kappa shape index (κ1) is 23.3. The summed E-state index contributed by atoms with van der Waals surface area (Å²) in [5.41, 5.74) is 7.84. The summed E-state index contributed by atoms with van der Waals surface area (Å²) in [7, 11) is 1.57. The lowest BCUT2D eigenvalue weighted by Crippen LogP contribution is -2.34. The number of halogens is 1. The monoisotopic (exact) mass is 406 g/mol. The highest BCUT2D eigenvalue weighted by atomic mass is 35.5. The van der Waals surface area contributed by atoms with Crippen LogP contribution in [0.15, 0.2) is 42.5 Å². The van der Waals surface area contributed by atoms with Crippen molar-refractivity contribution in [1.82, 2.24) is 0 Å². The van der Waals surface area contributed by atoms with E-state index >= 15 is 0 Å². The number of ether oxygens (including phenoxy) is 2. The van der Waals surface area contributed by atoms with Gasteiger partial charge >= 0.3 is 0 Å². The Morgan fingerprint density at radius 3 is 2.36 bits per heavy atom. The highest BCUT2D eigenvalue weighted by molar-refractivity contribution is 5.95. The van der Waals surface area contributed by atoms with Gasteiger partial charge in [0.2, 0.25) is 0 Å². The molecule has 152 valence electrons. The van der Waals surface area contributed by atoms with Crippen LogP contribution in [0.3, 0.4) is 0 Å². The van der Waals surface area contributed by atoms with E-state index in [4.69, 9.17) is 20.6 Å². The van der Waals surface area contributed by atoms with Gasteiger partial charge in [-0.25, -0.2) is 0 Å². The average molecular weight is 407 g/mol. The maximum absolute atomic E-state index is 11.7. The van der Waals surface area contributed by atoms with Crippen molar-refractivity contribution >= 4 is 29.9 Å².